The molecule has 3 heteroatoms. The maximum absolute atomic E-state index is 5.80. The van der Waals surface area contributed by atoms with Crippen LogP contribution in [0, 0.1) is 0 Å². The zero-order valence-electron chi connectivity index (χ0n) is 7.51. The molecular formula is C11H9NOS. The van der Waals surface area contributed by atoms with Gasteiger partial charge in [-0.3, -0.25) is 0 Å². The van der Waals surface area contributed by atoms with Crippen molar-refractivity contribution in [3.63, 3.8) is 0 Å². The number of nitrogens with zero attached hydrogens (tertiary/aromatic N) is 1. The van der Waals surface area contributed by atoms with Gasteiger partial charge in [0.1, 0.15) is 10.8 Å². The van der Waals surface area contributed by atoms with Gasteiger partial charge in [0.2, 0.25) is 0 Å². The fourth-order valence-electron chi connectivity index (χ4n) is 1.71. The van der Waals surface area contributed by atoms with Crippen molar-refractivity contribution in [1.29, 1.82) is 0 Å². The second-order valence-electron chi connectivity index (χ2n) is 3.29. The van der Waals surface area contributed by atoms with E-state index in [1.807, 2.05) is 29.8 Å². The number of rotatable bonds is 1. The summed E-state index contributed by atoms with van der Waals surface area (Å²) < 4.78 is 5.80. The molecule has 14 heavy (non-hydrogen) atoms. The average Bonchev–Trinajstić information content (AvgIpc) is 2.86. The van der Waals surface area contributed by atoms with E-state index in [0.717, 1.165) is 17.2 Å². The fraction of sp³-hybridized carbons (Fsp3) is 0.182. The van der Waals surface area contributed by atoms with Gasteiger partial charge < -0.3 is 4.74 Å². The van der Waals surface area contributed by atoms with Gasteiger partial charge in [-0.2, -0.15) is 0 Å². The van der Waals surface area contributed by atoms with Crippen molar-refractivity contribution in [2.45, 2.75) is 12.5 Å². The number of fused-ring (bicyclic) bond motifs is 1. The molecule has 70 valence electrons. The monoisotopic (exact) mass is 203 g/mol. The molecule has 0 radical (unpaired) electrons. The number of thiazole rings is 1. The molecule has 0 spiro atoms. The minimum absolute atomic E-state index is 0.132. The zero-order chi connectivity index (χ0) is 9.38. The quantitative estimate of drug-likeness (QED) is 0.711. The zero-order valence-corrected chi connectivity index (χ0v) is 8.33. The summed E-state index contributed by atoms with van der Waals surface area (Å²) in [6.07, 6.45) is 2.91. The van der Waals surface area contributed by atoms with Gasteiger partial charge in [0, 0.05) is 18.0 Å². The lowest BCUT2D eigenvalue weighted by Gasteiger charge is -2.05. The number of para-hydroxylation sites is 1. The van der Waals surface area contributed by atoms with Gasteiger partial charge in [-0.25, -0.2) is 4.98 Å². The van der Waals surface area contributed by atoms with Crippen molar-refractivity contribution >= 4 is 11.3 Å². The topological polar surface area (TPSA) is 22.1 Å². The summed E-state index contributed by atoms with van der Waals surface area (Å²) in [5.41, 5.74) is 1.28. The molecule has 0 saturated heterocycles. The first kappa shape index (κ1) is 8.00. The van der Waals surface area contributed by atoms with Crippen molar-refractivity contribution in [3.05, 3.63) is 46.4 Å². The van der Waals surface area contributed by atoms with Crippen molar-refractivity contribution in [2.24, 2.45) is 0 Å². The normalized spacial score (nSPS) is 19.0. The summed E-state index contributed by atoms with van der Waals surface area (Å²) in [6.45, 7) is 0. The first-order valence-corrected chi connectivity index (χ1v) is 5.45. The number of benzene rings is 1. The van der Waals surface area contributed by atoms with E-state index in [0.29, 0.717) is 0 Å². The minimum atomic E-state index is 0.132. The van der Waals surface area contributed by atoms with Crippen LogP contribution in [-0.2, 0) is 6.42 Å². The molecule has 1 aliphatic rings. The molecule has 2 aromatic rings. The van der Waals surface area contributed by atoms with Gasteiger partial charge in [-0.05, 0) is 11.6 Å². The smallest absolute Gasteiger partial charge is 0.154 e. The fourth-order valence-corrected chi connectivity index (χ4v) is 2.38. The van der Waals surface area contributed by atoms with Crippen LogP contribution in [0.3, 0.4) is 0 Å². The summed E-state index contributed by atoms with van der Waals surface area (Å²) in [4.78, 5) is 4.27. The van der Waals surface area contributed by atoms with E-state index < -0.39 is 0 Å². The maximum atomic E-state index is 5.80. The lowest BCUT2D eigenvalue weighted by atomic mass is 10.1. The van der Waals surface area contributed by atoms with Crippen LogP contribution in [0.2, 0.25) is 0 Å². The maximum Gasteiger partial charge on any atom is 0.154 e. The van der Waals surface area contributed by atoms with Crippen molar-refractivity contribution in [1.82, 2.24) is 4.98 Å². The van der Waals surface area contributed by atoms with Gasteiger partial charge in [0.05, 0.1) is 0 Å². The van der Waals surface area contributed by atoms with Crippen LogP contribution in [0.15, 0.2) is 35.8 Å². The highest BCUT2D eigenvalue weighted by atomic mass is 32.1. The van der Waals surface area contributed by atoms with E-state index in [1.54, 1.807) is 11.3 Å². The summed E-state index contributed by atoms with van der Waals surface area (Å²) in [5, 5.41) is 3.06. The predicted molar refractivity (Wildman–Crippen MR) is 55.6 cm³/mol. The van der Waals surface area contributed by atoms with E-state index in [1.165, 1.54) is 5.56 Å². The SMILES string of the molecule is c1ccc2c(c1)CC(c1nccs1)O2. The molecule has 1 aromatic carbocycles. The molecule has 1 aliphatic heterocycles. The Labute approximate surface area is 86.2 Å². The second-order valence-corrected chi connectivity index (χ2v) is 4.21. The summed E-state index contributed by atoms with van der Waals surface area (Å²) in [5.74, 6) is 1.01. The van der Waals surface area contributed by atoms with Gasteiger partial charge in [0.15, 0.2) is 6.10 Å². The third-order valence-electron chi connectivity index (χ3n) is 2.37. The minimum Gasteiger partial charge on any atom is -0.483 e. The number of hydrogen-bond donors (Lipinski definition) is 0. The molecular weight excluding hydrogens is 194 g/mol. The largest absolute Gasteiger partial charge is 0.483 e. The predicted octanol–water partition coefficient (Wildman–Crippen LogP) is 2.82. The molecule has 1 unspecified atom stereocenters. The molecule has 0 bridgehead atoms. The molecule has 0 N–H and O–H groups in total. The number of hydrogen-bond acceptors (Lipinski definition) is 3. The van der Waals surface area contributed by atoms with Gasteiger partial charge in [-0.1, -0.05) is 18.2 Å². The Hall–Kier alpha value is -1.35. The standard InChI is InChI=1S/C11H9NOS/c1-2-4-9-8(3-1)7-10(13-9)11-12-5-6-14-11/h1-6,10H,7H2. The van der Waals surface area contributed by atoms with Gasteiger partial charge >= 0.3 is 0 Å². The molecule has 3 rings (SSSR count). The number of aromatic nitrogens is 1. The van der Waals surface area contributed by atoms with Crippen LogP contribution in [0.5, 0.6) is 5.75 Å². The van der Waals surface area contributed by atoms with Crippen LogP contribution < -0.4 is 4.74 Å². The molecule has 0 amide bonds. The Morgan fingerprint density at radius 1 is 1.36 bits per heavy atom. The molecule has 0 fully saturated rings. The second kappa shape index (κ2) is 3.10. The molecule has 1 atom stereocenters. The number of ether oxygens (including phenoxy) is 1. The highest BCUT2D eigenvalue weighted by Gasteiger charge is 2.25. The summed E-state index contributed by atoms with van der Waals surface area (Å²) >= 11 is 1.65. The third-order valence-corrected chi connectivity index (χ3v) is 3.24. The summed E-state index contributed by atoms with van der Waals surface area (Å²) in [6, 6.07) is 8.18. The Morgan fingerprint density at radius 3 is 3.07 bits per heavy atom. The van der Waals surface area contributed by atoms with Crippen LogP contribution in [0.1, 0.15) is 16.7 Å². The molecule has 0 saturated carbocycles. The Kier molecular flexibility index (Phi) is 1.77. The molecule has 0 aliphatic carbocycles. The van der Waals surface area contributed by atoms with Crippen LogP contribution in [0.4, 0.5) is 0 Å². The van der Waals surface area contributed by atoms with Crippen LogP contribution in [0.25, 0.3) is 0 Å². The molecule has 2 nitrogen and oxygen atoms in total. The van der Waals surface area contributed by atoms with Gasteiger partial charge in [0.25, 0.3) is 0 Å². The van der Waals surface area contributed by atoms with E-state index >= 15 is 0 Å². The lowest BCUT2D eigenvalue weighted by molar-refractivity contribution is 0.238. The van der Waals surface area contributed by atoms with E-state index in [2.05, 4.69) is 11.1 Å². The van der Waals surface area contributed by atoms with E-state index in [9.17, 15) is 0 Å². The highest BCUT2D eigenvalue weighted by Crippen LogP contribution is 2.36. The first-order chi connectivity index (χ1) is 6.93. The first-order valence-electron chi connectivity index (χ1n) is 4.57. The Bertz CT molecular complexity index is 413. The molecule has 2 heterocycles. The van der Waals surface area contributed by atoms with Crippen LogP contribution in [-0.4, -0.2) is 4.98 Å². The lowest BCUT2D eigenvalue weighted by Crippen LogP contribution is -2.01. The third kappa shape index (κ3) is 1.21. The summed E-state index contributed by atoms with van der Waals surface area (Å²) in [7, 11) is 0. The van der Waals surface area contributed by atoms with E-state index in [4.69, 9.17) is 4.74 Å². The van der Waals surface area contributed by atoms with Crippen LogP contribution >= 0.6 is 11.3 Å². The van der Waals surface area contributed by atoms with Crippen molar-refractivity contribution in [2.75, 3.05) is 0 Å². The van der Waals surface area contributed by atoms with Crippen molar-refractivity contribution in [3.8, 4) is 5.75 Å². The average molecular weight is 203 g/mol. The van der Waals surface area contributed by atoms with Crippen molar-refractivity contribution < 1.29 is 4.74 Å². The highest BCUT2D eigenvalue weighted by molar-refractivity contribution is 7.09. The van der Waals surface area contributed by atoms with E-state index in [-0.39, 0.29) is 6.10 Å². The Morgan fingerprint density at radius 2 is 2.29 bits per heavy atom. The molecule has 1 aromatic heterocycles. The van der Waals surface area contributed by atoms with Gasteiger partial charge in [-0.15, -0.1) is 11.3 Å². The Balaban J connectivity index is 1.92.